The van der Waals surface area contributed by atoms with Gasteiger partial charge in [0, 0.05) is 30.8 Å². The van der Waals surface area contributed by atoms with Gasteiger partial charge in [0.15, 0.2) is 4.91 Å². The summed E-state index contributed by atoms with van der Waals surface area (Å²) < 4.78 is 32.7. The minimum Gasteiger partial charge on any atom is -0.395 e. The number of carbonyl (C=O) groups excluding carboxylic acids is 2. The maximum atomic E-state index is 13.0. The lowest BCUT2D eigenvalue weighted by molar-refractivity contribution is 0.0499. The lowest BCUT2D eigenvalue weighted by atomic mass is 9.91. The fourth-order valence-electron chi connectivity index (χ4n) is 2.92. The minimum absolute atomic E-state index is 0.0638. The standard InChI is InChI=1S/C16H18N2O6S/c19-8-5-17-25(22,23)16-13(18-6-9-24-10-7-18)14(20)11-3-1-2-4-12(11)15(16)21/h1-4,17,19H,5-10H2. The maximum absolute atomic E-state index is 13.0. The number of aliphatic hydroxyl groups excluding tert-OH is 1. The van der Waals surface area contributed by atoms with E-state index in [0.717, 1.165) is 0 Å². The fourth-order valence-corrected chi connectivity index (χ4v) is 4.25. The quantitative estimate of drug-likeness (QED) is 0.724. The Labute approximate surface area is 145 Å². The number of rotatable bonds is 5. The van der Waals surface area contributed by atoms with Gasteiger partial charge in [0.2, 0.25) is 21.6 Å². The predicted molar refractivity (Wildman–Crippen MR) is 88.5 cm³/mol. The van der Waals surface area contributed by atoms with Gasteiger partial charge in [-0.2, -0.15) is 0 Å². The molecule has 9 heteroatoms. The molecule has 2 N–H and O–H groups in total. The molecular weight excluding hydrogens is 348 g/mol. The third-order valence-electron chi connectivity index (χ3n) is 4.05. The Morgan fingerprint density at radius 3 is 2.28 bits per heavy atom. The van der Waals surface area contributed by atoms with Crippen LogP contribution in [0.4, 0.5) is 0 Å². The van der Waals surface area contributed by atoms with E-state index in [2.05, 4.69) is 4.72 Å². The highest BCUT2D eigenvalue weighted by molar-refractivity contribution is 7.94. The molecule has 1 heterocycles. The van der Waals surface area contributed by atoms with Gasteiger partial charge in [-0.15, -0.1) is 0 Å². The zero-order valence-electron chi connectivity index (χ0n) is 13.4. The van der Waals surface area contributed by atoms with Crippen LogP contribution in [0.2, 0.25) is 0 Å². The molecule has 1 saturated heterocycles. The van der Waals surface area contributed by atoms with Crippen LogP contribution in [-0.4, -0.2) is 69.4 Å². The van der Waals surface area contributed by atoms with E-state index in [0.29, 0.717) is 26.3 Å². The van der Waals surface area contributed by atoms with Crippen molar-refractivity contribution < 1.29 is 27.9 Å². The van der Waals surface area contributed by atoms with Gasteiger partial charge in [0.05, 0.1) is 19.8 Å². The number of nitrogens with zero attached hydrogens (tertiary/aromatic N) is 1. The summed E-state index contributed by atoms with van der Waals surface area (Å²) in [6.07, 6.45) is 0. The number of Topliss-reactive ketones (excluding diaryl/α,β-unsaturated/α-hetero) is 2. The third kappa shape index (κ3) is 3.23. The van der Waals surface area contributed by atoms with Crippen LogP contribution in [-0.2, 0) is 14.8 Å². The highest BCUT2D eigenvalue weighted by Crippen LogP contribution is 2.31. The topological polar surface area (TPSA) is 113 Å². The number of ketones is 2. The largest absolute Gasteiger partial charge is 0.395 e. The molecule has 0 spiro atoms. The number of sulfonamides is 1. The summed E-state index contributed by atoms with van der Waals surface area (Å²) in [6, 6.07) is 6.16. The predicted octanol–water partition coefficient (Wildman–Crippen LogP) is -0.479. The molecule has 1 aromatic rings. The van der Waals surface area contributed by atoms with Crippen molar-refractivity contribution >= 4 is 21.6 Å². The molecule has 0 unspecified atom stereocenters. The van der Waals surface area contributed by atoms with E-state index in [4.69, 9.17) is 9.84 Å². The zero-order valence-corrected chi connectivity index (χ0v) is 14.2. The average molecular weight is 366 g/mol. The summed E-state index contributed by atoms with van der Waals surface area (Å²) in [5.74, 6) is -1.22. The van der Waals surface area contributed by atoms with Gasteiger partial charge in [-0.1, -0.05) is 24.3 Å². The Morgan fingerprint density at radius 2 is 1.68 bits per heavy atom. The molecule has 0 atom stereocenters. The normalized spacial score (nSPS) is 18.5. The number of carbonyl (C=O) groups is 2. The van der Waals surface area contributed by atoms with Crippen LogP contribution in [0.25, 0.3) is 0 Å². The average Bonchev–Trinajstić information content (AvgIpc) is 2.63. The molecule has 0 bridgehead atoms. The molecule has 3 rings (SSSR count). The fraction of sp³-hybridized carbons (Fsp3) is 0.375. The molecule has 1 aliphatic carbocycles. The lowest BCUT2D eigenvalue weighted by Gasteiger charge is -2.33. The number of allylic oxidation sites excluding steroid dienone is 2. The Bertz CT molecular complexity index is 840. The Morgan fingerprint density at radius 1 is 1.08 bits per heavy atom. The van der Waals surface area contributed by atoms with E-state index in [9.17, 15) is 18.0 Å². The molecule has 1 fully saturated rings. The summed E-state index contributed by atoms with van der Waals surface area (Å²) in [7, 11) is -4.25. The molecule has 1 aliphatic heterocycles. The second-order valence-corrected chi connectivity index (χ2v) is 7.31. The van der Waals surface area contributed by atoms with Crippen LogP contribution < -0.4 is 4.72 Å². The minimum atomic E-state index is -4.25. The summed E-state index contributed by atoms with van der Waals surface area (Å²) in [5, 5.41) is 8.90. The molecular formula is C16H18N2O6S. The molecule has 2 aliphatic rings. The second-order valence-electron chi connectivity index (χ2n) is 5.60. The molecule has 0 aromatic heterocycles. The van der Waals surface area contributed by atoms with Crippen molar-refractivity contribution in [3.8, 4) is 0 Å². The van der Waals surface area contributed by atoms with Crippen LogP contribution in [0.15, 0.2) is 34.9 Å². The number of benzene rings is 1. The van der Waals surface area contributed by atoms with Gasteiger partial charge in [-0.3, -0.25) is 9.59 Å². The monoisotopic (exact) mass is 366 g/mol. The van der Waals surface area contributed by atoms with Crippen LogP contribution in [0.5, 0.6) is 0 Å². The van der Waals surface area contributed by atoms with Gasteiger partial charge in [-0.05, 0) is 0 Å². The van der Waals surface area contributed by atoms with E-state index in [-0.39, 0.29) is 23.4 Å². The van der Waals surface area contributed by atoms with Crippen molar-refractivity contribution in [2.24, 2.45) is 0 Å². The van der Waals surface area contributed by atoms with Crippen molar-refractivity contribution in [2.75, 3.05) is 39.5 Å². The first kappa shape index (κ1) is 17.7. The number of aliphatic hydroxyl groups is 1. The van der Waals surface area contributed by atoms with Crippen LogP contribution in [0.3, 0.4) is 0 Å². The smallest absolute Gasteiger partial charge is 0.246 e. The first-order valence-electron chi connectivity index (χ1n) is 7.83. The van der Waals surface area contributed by atoms with Crippen molar-refractivity contribution in [3.63, 3.8) is 0 Å². The van der Waals surface area contributed by atoms with Crippen LogP contribution in [0.1, 0.15) is 20.7 Å². The number of nitrogens with one attached hydrogen (secondary N) is 1. The summed E-state index contributed by atoms with van der Waals surface area (Å²) in [4.78, 5) is 26.8. The molecule has 8 nitrogen and oxygen atoms in total. The van der Waals surface area contributed by atoms with Crippen molar-refractivity contribution in [2.45, 2.75) is 0 Å². The van der Waals surface area contributed by atoms with Gasteiger partial charge in [0.25, 0.3) is 0 Å². The Balaban J connectivity index is 2.18. The summed E-state index contributed by atoms with van der Waals surface area (Å²) in [5.41, 5.74) is 0.126. The van der Waals surface area contributed by atoms with E-state index < -0.39 is 33.1 Å². The van der Waals surface area contributed by atoms with Gasteiger partial charge in [0.1, 0.15) is 5.70 Å². The number of morpholine rings is 1. The van der Waals surface area contributed by atoms with Gasteiger partial charge in [-0.25, -0.2) is 13.1 Å². The highest BCUT2D eigenvalue weighted by Gasteiger charge is 2.41. The molecule has 0 radical (unpaired) electrons. The third-order valence-corrected chi connectivity index (χ3v) is 5.55. The second kappa shape index (κ2) is 7.04. The van der Waals surface area contributed by atoms with E-state index >= 15 is 0 Å². The molecule has 0 saturated carbocycles. The summed E-state index contributed by atoms with van der Waals surface area (Å²) in [6.45, 7) is 0.641. The van der Waals surface area contributed by atoms with E-state index in [1.807, 2.05) is 0 Å². The lowest BCUT2D eigenvalue weighted by Crippen LogP contribution is -2.44. The Kier molecular flexibility index (Phi) is 5.00. The highest BCUT2D eigenvalue weighted by atomic mass is 32.2. The SMILES string of the molecule is O=C1C(N2CCOCC2)=C(S(=O)(=O)NCCO)C(=O)c2ccccc21. The summed E-state index contributed by atoms with van der Waals surface area (Å²) >= 11 is 0. The molecule has 134 valence electrons. The van der Waals surface area contributed by atoms with Crippen LogP contribution in [0, 0.1) is 0 Å². The van der Waals surface area contributed by atoms with Crippen molar-refractivity contribution in [1.29, 1.82) is 0 Å². The zero-order chi connectivity index (χ0) is 18.0. The van der Waals surface area contributed by atoms with Crippen LogP contribution >= 0.6 is 0 Å². The van der Waals surface area contributed by atoms with Crippen molar-refractivity contribution in [1.82, 2.24) is 9.62 Å². The van der Waals surface area contributed by atoms with Gasteiger partial charge < -0.3 is 14.7 Å². The number of ether oxygens (including phenoxy) is 1. The maximum Gasteiger partial charge on any atom is 0.246 e. The molecule has 0 amide bonds. The molecule has 25 heavy (non-hydrogen) atoms. The molecule has 1 aromatic carbocycles. The number of hydrogen-bond acceptors (Lipinski definition) is 7. The number of fused-ring (bicyclic) bond motifs is 1. The first-order chi connectivity index (χ1) is 12.0. The first-order valence-corrected chi connectivity index (χ1v) is 9.31. The number of hydrogen-bond donors (Lipinski definition) is 2. The van der Waals surface area contributed by atoms with Gasteiger partial charge >= 0.3 is 0 Å². The Hall–Kier alpha value is -2.07. The van der Waals surface area contributed by atoms with E-state index in [1.165, 1.54) is 12.1 Å². The van der Waals surface area contributed by atoms with E-state index in [1.54, 1.807) is 17.0 Å². The van der Waals surface area contributed by atoms with Crippen molar-refractivity contribution in [3.05, 3.63) is 46.0 Å².